The van der Waals surface area contributed by atoms with Crippen LogP contribution in [0.15, 0.2) is 53.5 Å². The fraction of sp³-hybridized carbons (Fsp3) is 0.250. The monoisotopic (exact) mass is 396 g/mol. The number of halogens is 1. The van der Waals surface area contributed by atoms with Gasteiger partial charge in [0.25, 0.3) is 0 Å². The summed E-state index contributed by atoms with van der Waals surface area (Å²) in [6, 6.07) is 16.3. The van der Waals surface area contributed by atoms with E-state index in [1.165, 1.54) is 5.56 Å². The Morgan fingerprint density at radius 2 is 1.71 bits per heavy atom. The summed E-state index contributed by atoms with van der Waals surface area (Å²) in [5, 5.41) is 6.54. The Hall–Kier alpha value is -1.63. The van der Waals surface area contributed by atoms with Crippen LogP contribution in [0.4, 0.5) is 0 Å². The summed E-state index contributed by atoms with van der Waals surface area (Å²) in [4.78, 5) is 8.66. The van der Waals surface area contributed by atoms with Crippen molar-refractivity contribution in [2.24, 2.45) is 4.99 Å². The molecule has 0 saturated carbocycles. The lowest BCUT2D eigenvalue weighted by molar-refractivity contribution is 0.791. The third-order valence-corrected chi connectivity index (χ3v) is 2.91. The van der Waals surface area contributed by atoms with E-state index in [-0.39, 0.29) is 24.0 Å². The molecule has 0 spiro atoms. The second-order valence-corrected chi connectivity index (χ2v) is 4.54. The van der Waals surface area contributed by atoms with Crippen LogP contribution in [-0.2, 0) is 13.1 Å². The molecule has 112 valence electrons. The molecule has 2 aromatic rings. The molecular weight excluding hydrogens is 375 g/mol. The number of pyridine rings is 1. The number of aliphatic imine (C=N–C) groups is 1. The highest BCUT2D eigenvalue weighted by atomic mass is 127. The molecule has 1 aromatic carbocycles. The normalized spacial score (nSPS) is 10.7. The predicted molar refractivity (Wildman–Crippen MR) is 97.9 cm³/mol. The first kappa shape index (κ1) is 17.4. The fourth-order valence-corrected chi connectivity index (χ4v) is 1.87. The van der Waals surface area contributed by atoms with Gasteiger partial charge in [0.15, 0.2) is 5.96 Å². The topological polar surface area (TPSA) is 49.3 Å². The zero-order valence-electron chi connectivity index (χ0n) is 12.3. The Kier molecular flexibility index (Phi) is 7.74. The van der Waals surface area contributed by atoms with Gasteiger partial charge >= 0.3 is 0 Å². The average molecular weight is 396 g/mol. The molecular formula is C16H21IN4. The van der Waals surface area contributed by atoms with Gasteiger partial charge in [-0.15, -0.1) is 24.0 Å². The highest BCUT2D eigenvalue weighted by Crippen LogP contribution is 1.98. The average Bonchev–Trinajstić information content (AvgIpc) is 2.48. The standard InChI is InChI=1S/C16H20N4.HI/c1-13-7-6-10-15(20-13)12-19-16(17-2)18-11-14-8-4-3-5-9-14;/h3-10H,11-12H2,1-2H3,(H2,17,18,19);1H. The number of hydrogen-bond donors (Lipinski definition) is 2. The van der Waals surface area contributed by atoms with Crippen LogP contribution in [0.3, 0.4) is 0 Å². The maximum Gasteiger partial charge on any atom is 0.191 e. The maximum atomic E-state index is 4.45. The van der Waals surface area contributed by atoms with Crippen LogP contribution in [-0.4, -0.2) is 18.0 Å². The lowest BCUT2D eigenvalue weighted by Crippen LogP contribution is -2.36. The Morgan fingerprint density at radius 1 is 1.00 bits per heavy atom. The van der Waals surface area contributed by atoms with E-state index in [2.05, 4.69) is 32.7 Å². The predicted octanol–water partition coefficient (Wildman–Crippen LogP) is 2.87. The Bertz CT molecular complexity index is 569. The number of aromatic nitrogens is 1. The van der Waals surface area contributed by atoms with Crippen molar-refractivity contribution in [3.05, 3.63) is 65.5 Å². The summed E-state index contributed by atoms with van der Waals surface area (Å²) < 4.78 is 0. The summed E-state index contributed by atoms with van der Waals surface area (Å²) in [6.45, 7) is 3.41. The van der Waals surface area contributed by atoms with E-state index in [1.54, 1.807) is 7.05 Å². The quantitative estimate of drug-likeness (QED) is 0.475. The minimum Gasteiger partial charge on any atom is -0.352 e. The van der Waals surface area contributed by atoms with Gasteiger partial charge in [-0.05, 0) is 24.6 Å². The minimum atomic E-state index is 0. The molecule has 1 aromatic heterocycles. The number of rotatable bonds is 4. The van der Waals surface area contributed by atoms with Crippen molar-refractivity contribution in [3.63, 3.8) is 0 Å². The number of hydrogen-bond acceptors (Lipinski definition) is 2. The van der Waals surface area contributed by atoms with Gasteiger partial charge in [-0.3, -0.25) is 9.98 Å². The molecule has 0 fully saturated rings. The molecule has 0 aliphatic rings. The van der Waals surface area contributed by atoms with Crippen LogP contribution in [0.1, 0.15) is 17.0 Å². The van der Waals surface area contributed by atoms with E-state index >= 15 is 0 Å². The maximum absolute atomic E-state index is 4.45. The van der Waals surface area contributed by atoms with Crippen molar-refractivity contribution in [1.29, 1.82) is 0 Å². The molecule has 21 heavy (non-hydrogen) atoms. The third kappa shape index (κ3) is 6.12. The van der Waals surface area contributed by atoms with Crippen LogP contribution in [0.25, 0.3) is 0 Å². The van der Waals surface area contributed by atoms with E-state index in [1.807, 2.05) is 43.3 Å². The van der Waals surface area contributed by atoms with Gasteiger partial charge in [0.05, 0.1) is 12.2 Å². The summed E-state index contributed by atoms with van der Waals surface area (Å²) >= 11 is 0. The molecule has 0 bridgehead atoms. The molecule has 0 saturated heterocycles. The van der Waals surface area contributed by atoms with Crippen molar-refractivity contribution in [2.75, 3.05) is 7.05 Å². The van der Waals surface area contributed by atoms with Crippen molar-refractivity contribution in [2.45, 2.75) is 20.0 Å². The second kappa shape index (κ2) is 9.33. The van der Waals surface area contributed by atoms with Crippen molar-refractivity contribution in [3.8, 4) is 0 Å². The zero-order chi connectivity index (χ0) is 14.2. The van der Waals surface area contributed by atoms with Crippen molar-refractivity contribution >= 4 is 29.9 Å². The molecule has 2 rings (SSSR count). The minimum absolute atomic E-state index is 0. The summed E-state index contributed by atoms with van der Waals surface area (Å²) in [7, 11) is 1.77. The number of guanidine groups is 1. The number of nitrogens with one attached hydrogen (secondary N) is 2. The summed E-state index contributed by atoms with van der Waals surface area (Å²) in [5.41, 5.74) is 3.26. The van der Waals surface area contributed by atoms with Gasteiger partial charge in [-0.25, -0.2) is 0 Å². The smallest absolute Gasteiger partial charge is 0.191 e. The van der Waals surface area contributed by atoms with Crippen molar-refractivity contribution in [1.82, 2.24) is 15.6 Å². The molecule has 0 amide bonds. The van der Waals surface area contributed by atoms with Gasteiger partial charge in [0.2, 0.25) is 0 Å². The lowest BCUT2D eigenvalue weighted by atomic mass is 10.2. The van der Waals surface area contributed by atoms with Crippen LogP contribution in [0, 0.1) is 6.92 Å². The van der Waals surface area contributed by atoms with Gasteiger partial charge in [-0.2, -0.15) is 0 Å². The SMILES string of the molecule is CN=C(NCc1ccccc1)NCc1cccc(C)n1.I. The van der Waals surface area contributed by atoms with Crippen LogP contribution in [0.2, 0.25) is 0 Å². The van der Waals surface area contributed by atoms with Gasteiger partial charge < -0.3 is 10.6 Å². The van der Waals surface area contributed by atoms with E-state index in [0.29, 0.717) is 6.54 Å². The number of aryl methyl sites for hydroxylation is 1. The zero-order valence-corrected chi connectivity index (χ0v) is 14.7. The van der Waals surface area contributed by atoms with Crippen LogP contribution in [0.5, 0.6) is 0 Å². The van der Waals surface area contributed by atoms with E-state index < -0.39 is 0 Å². The lowest BCUT2D eigenvalue weighted by Gasteiger charge is -2.11. The molecule has 0 unspecified atom stereocenters. The van der Waals surface area contributed by atoms with Crippen LogP contribution >= 0.6 is 24.0 Å². The number of benzene rings is 1. The molecule has 0 radical (unpaired) electrons. The van der Waals surface area contributed by atoms with Gasteiger partial charge in [0, 0.05) is 19.3 Å². The van der Waals surface area contributed by atoms with Gasteiger partial charge in [0.1, 0.15) is 0 Å². The largest absolute Gasteiger partial charge is 0.352 e. The molecule has 1 heterocycles. The second-order valence-electron chi connectivity index (χ2n) is 4.54. The Balaban J connectivity index is 0.00000220. The number of nitrogens with zero attached hydrogens (tertiary/aromatic N) is 2. The molecule has 0 aliphatic carbocycles. The molecule has 5 heteroatoms. The molecule has 2 N–H and O–H groups in total. The van der Waals surface area contributed by atoms with Crippen molar-refractivity contribution < 1.29 is 0 Å². The van der Waals surface area contributed by atoms with E-state index in [9.17, 15) is 0 Å². The van der Waals surface area contributed by atoms with E-state index in [0.717, 1.165) is 23.9 Å². The highest BCUT2D eigenvalue weighted by molar-refractivity contribution is 14.0. The Labute approximate surface area is 143 Å². The fourth-order valence-electron chi connectivity index (χ4n) is 1.87. The third-order valence-electron chi connectivity index (χ3n) is 2.91. The van der Waals surface area contributed by atoms with Gasteiger partial charge in [-0.1, -0.05) is 36.4 Å². The first-order valence-corrected chi connectivity index (χ1v) is 6.69. The first-order valence-electron chi connectivity index (χ1n) is 6.69. The summed E-state index contributed by atoms with van der Waals surface area (Å²) in [6.07, 6.45) is 0. The van der Waals surface area contributed by atoms with Crippen LogP contribution < -0.4 is 10.6 Å². The molecule has 0 aliphatic heterocycles. The molecule has 4 nitrogen and oxygen atoms in total. The summed E-state index contributed by atoms with van der Waals surface area (Å²) in [5.74, 6) is 0.775. The highest BCUT2D eigenvalue weighted by Gasteiger charge is 1.99. The Morgan fingerprint density at radius 3 is 2.38 bits per heavy atom. The van der Waals surface area contributed by atoms with E-state index in [4.69, 9.17) is 0 Å². The first-order chi connectivity index (χ1) is 9.78. The molecule has 0 atom stereocenters.